The monoisotopic (exact) mass is 358 g/mol. The summed E-state index contributed by atoms with van der Waals surface area (Å²) >= 11 is 0. The third-order valence-electron chi connectivity index (χ3n) is 4.34. The molecule has 0 saturated heterocycles. The van der Waals surface area contributed by atoms with Crippen molar-refractivity contribution in [3.8, 4) is 0 Å². The van der Waals surface area contributed by atoms with Crippen molar-refractivity contribution in [2.24, 2.45) is 22.2 Å². The summed E-state index contributed by atoms with van der Waals surface area (Å²) in [5.41, 5.74) is 1.50. The molecule has 0 heterocycles. The van der Waals surface area contributed by atoms with Crippen molar-refractivity contribution < 1.29 is 0 Å². The van der Waals surface area contributed by atoms with Crippen LogP contribution < -0.4 is 0 Å². The van der Waals surface area contributed by atoms with Crippen molar-refractivity contribution in [3.05, 3.63) is 0 Å². The van der Waals surface area contributed by atoms with E-state index in [0.717, 1.165) is 5.92 Å². The van der Waals surface area contributed by atoms with Crippen LogP contribution in [0.2, 0.25) is 0 Å². The molecular formula is C25H58. The Labute approximate surface area is 165 Å². The number of rotatable bonds is 4. The highest BCUT2D eigenvalue weighted by atomic mass is 14.3. The third kappa shape index (κ3) is 35.9. The van der Waals surface area contributed by atoms with E-state index in [9.17, 15) is 0 Å². The van der Waals surface area contributed by atoms with Crippen LogP contribution in [-0.2, 0) is 0 Å². The molecule has 0 rings (SSSR count). The lowest BCUT2D eigenvalue weighted by Gasteiger charge is -2.35. The minimum absolute atomic E-state index is 0.474. The molecule has 0 saturated carbocycles. The molecule has 0 bridgehead atoms. The molecule has 0 N–H and O–H groups in total. The van der Waals surface area contributed by atoms with Crippen LogP contribution in [0, 0.1) is 22.2 Å². The second-order valence-corrected chi connectivity index (χ2v) is 10.5. The zero-order chi connectivity index (χ0) is 21.3. The van der Waals surface area contributed by atoms with Crippen LogP contribution >= 0.6 is 0 Å². The molecule has 0 radical (unpaired) electrons. The van der Waals surface area contributed by atoms with Crippen molar-refractivity contribution in [2.45, 2.75) is 142 Å². The van der Waals surface area contributed by atoms with Gasteiger partial charge in [0.15, 0.2) is 0 Å². The van der Waals surface area contributed by atoms with Gasteiger partial charge >= 0.3 is 0 Å². The molecule has 1 unspecified atom stereocenters. The average molecular weight is 359 g/mol. The van der Waals surface area contributed by atoms with Gasteiger partial charge in [-0.05, 0) is 28.6 Å². The Bertz CT molecular complexity index is 226. The summed E-state index contributed by atoms with van der Waals surface area (Å²) in [5.74, 6) is 0.859. The summed E-state index contributed by atoms with van der Waals surface area (Å²) in [7, 11) is 0. The van der Waals surface area contributed by atoms with Crippen LogP contribution in [0.25, 0.3) is 0 Å². The molecule has 0 amide bonds. The van der Waals surface area contributed by atoms with Gasteiger partial charge in [0.05, 0.1) is 0 Å². The summed E-state index contributed by atoms with van der Waals surface area (Å²) in [5, 5.41) is 0. The van der Waals surface area contributed by atoms with Crippen LogP contribution in [0.15, 0.2) is 0 Å². The van der Waals surface area contributed by atoms with Crippen LogP contribution in [0.1, 0.15) is 142 Å². The molecule has 0 aromatic rings. The maximum Gasteiger partial charge on any atom is -0.0354 e. The Morgan fingerprint density at radius 3 is 0.960 bits per heavy atom. The molecule has 25 heavy (non-hydrogen) atoms. The third-order valence-corrected chi connectivity index (χ3v) is 4.34. The quantitative estimate of drug-likeness (QED) is 0.468. The summed E-state index contributed by atoms with van der Waals surface area (Å²) in [6.07, 6.45) is 7.99. The SMILES string of the molecule is CC.CCC(C)(C)C.CCC(CC(C)(C)C)C(C)(C)C.CCCCC. The lowest BCUT2D eigenvalue weighted by molar-refractivity contribution is 0.160. The van der Waals surface area contributed by atoms with Crippen molar-refractivity contribution in [1.29, 1.82) is 0 Å². The van der Waals surface area contributed by atoms with Crippen LogP contribution in [0.4, 0.5) is 0 Å². The van der Waals surface area contributed by atoms with Crippen LogP contribution in [0.5, 0.6) is 0 Å². The number of hydrogen-bond acceptors (Lipinski definition) is 0. The standard InChI is InChI=1S/C12H26.C6H14.C5H12.C2H6/c1-8-10(12(5,6)7)9-11(2,3)4;1-5-6(2,3)4;1-3-5-4-2;1-2/h10H,8-9H2,1-7H3;5H2,1-4H3;3-5H2,1-2H3;1-2H3. The normalized spacial score (nSPS) is 12.6. The molecule has 0 aliphatic carbocycles. The van der Waals surface area contributed by atoms with E-state index in [0.29, 0.717) is 16.2 Å². The van der Waals surface area contributed by atoms with E-state index in [-0.39, 0.29) is 0 Å². The average Bonchev–Trinajstić information content (AvgIpc) is 2.46. The first-order chi connectivity index (χ1) is 11.1. The highest BCUT2D eigenvalue weighted by Crippen LogP contribution is 2.37. The molecule has 0 spiro atoms. The Morgan fingerprint density at radius 2 is 0.920 bits per heavy atom. The van der Waals surface area contributed by atoms with Gasteiger partial charge in [0.2, 0.25) is 0 Å². The van der Waals surface area contributed by atoms with E-state index in [1.807, 2.05) is 13.8 Å². The second kappa shape index (κ2) is 17.4. The fourth-order valence-electron chi connectivity index (χ4n) is 2.16. The lowest BCUT2D eigenvalue weighted by atomic mass is 9.71. The fourth-order valence-corrected chi connectivity index (χ4v) is 2.16. The Balaban J connectivity index is -0.000000142. The smallest absolute Gasteiger partial charge is 0.0354 e. The highest BCUT2D eigenvalue weighted by Gasteiger charge is 2.27. The van der Waals surface area contributed by atoms with Crippen LogP contribution in [0.3, 0.4) is 0 Å². The van der Waals surface area contributed by atoms with E-state index in [2.05, 4.69) is 90.0 Å². The van der Waals surface area contributed by atoms with Gasteiger partial charge in [0.1, 0.15) is 0 Å². The van der Waals surface area contributed by atoms with Gasteiger partial charge in [-0.25, -0.2) is 0 Å². The number of hydrogen-bond donors (Lipinski definition) is 0. The van der Waals surface area contributed by atoms with E-state index in [4.69, 9.17) is 0 Å². The summed E-state index contributed by atoms with van der Waals surface area (Å²) in [6, 6.07) is 0. The largest absolute Gasteiger partial charge is 0.0683 e. The van der Waals surface area contributed by atoms with E-state index < -0.39 is 0 Å². The van der Waals surface area contributed by atoms with Gasteiger partial charge in [-0.1, -0.05) is 136 Å². The van der Waals surface area contributed by atoms with E-state index in [1.54, 1.807) is 0 Å². The van der Waals surface area contributed by atoms with E-state index in [1.165, 1.54) is 38.5 Å². The highest BCUT2D eigenvalue weighted by molar-refractivity contribution is 4.77. The summed E-state index contributed by atoms with van der Waals surface area (Å²) in [6.45, 7) is 33.7. The summed E-state index contributed by atoms with van der Waals surface area (Å²) in [4.78, 5) is 0. The number of unbranched alkanes of at least 4 members (excludes halogenated alkanes) is 2. The summed E-state index contributed by atoms with van der Waals surface area (Å²) < 4.78 is 0. The molecule has 0 aliphatic heterocycles. The first-order valence-corrected chi connectivity index (χ1v) is 11.1. The van der Waals surface area contributed by atoms with Gasteiger partial charge in [-0.3, -0.25) is 0 Å². The van der Waals surface area contributed by atoms with Gasteiger partial charge in [-0.15, -0.1) is 0 Å². The van der Waals surface area contributed by atoms with Gasteiger partial charge in [-0.2, -0.15) is 0 Å². The van der Waals surface area contributed by atoms with Gasteiger partial charge in [0, 0.05) is 0 Å². The predicted molar refractivity (Wildman–Crippen MR) is 124 cm³/mol. The van der Waals surface area contributed by atoms with Crippen molar-refractivity contribution in [3.63, 3.8) is 0 Å². The van der Waals surface area contributed by atoms with Gasteiger partial charge in [0.25, 0.3) is 0 Å². The molecular weight excluding hydrogens is 300 g/mol. The molecule has 158 valence electrons. The van der Waals surface area contributed by atoms with Crippen molar-refractivity contribution in [2.75, 3.05) is 0 Å². The Hall–Kier alpha value is 0. The minimum Gasteiger partial charge on any atom is -0.0683 e. The Kier molecular flexibility index (Phi) is 22.7. The molecule has 0 heteroatoms. The van der Waals surface area contributed by atoms with Crippen LogP contribution in [-0.4, -0.2) is 0 Å². The zero-order valence-corrected chi connectivity index (χ0v) is 21.3. The van der Waals surface area contributed by atoms with Gasteiger partial charge < -0.3 is 0 Å². The van der Waals surface area contributed by atoms with E-state index >= 15 is 0 Å². The molecule has 0 aliphatic rings. The minimum atomic E-state index is 0.474. The molecule has 0 aromatic carbocycles. The topological polar surface area (TPSA) is 0 Å². The van der Waals surface area contributed by atoms with Crippen molar-refractivity contribution >= 4 is 0 Å². The molecule has 0 fully saturated rings. The molecule has 0 nitrogen and oxygen atoms in total. The second-order valence-electron chi connectivity index (χ2n) is 10.5. The van der Waals surface area contributed by atoms with Crippen molar-refractivity contribution in [1.82, 2.24) is 0 Å². The molecule has 0 aromatic heterocycles. The first-order valence-electron chi connectivity index (χ1n) is 11.1. The maximum atomic E-state index is 2.35. The predicted octanol–water partition coefficient (Wildman–Crippen LogP) is 10.2. The lowest BCUT2D eigenvalue weighted by Crippen LogP contribution is -2.24. The maximum absolute atomic E-state index is 2.35. The Morgan fingerprint density at radius 1 is 0.600 bits per heavy atom. The fraction of sp³-hybridized carbons (Fsp3) is 1.00. The zero-order valence-electron chi connectivity index (χ0n) is 21.3. The molecule has 1 atom stereocenters. The first kappa shape index (κ1) is 32.7.